The SMILES string of the molecule is CC(NC(=O)C1CCCN1)C(=O)NC(C(=O)NCC(=O)O)C(C)C. The van der Waals surface area contributed by atoms with Crippen molar-refractivity contribution >= 4 is 23.7 Å². The molecule has 0 aromatic heterocycles. The van der Waals surface area contributed by atoms with Gasteiger partial charge in [0.1, 0.15) is 18.6 Å². The minimum Gasteiger partial charge on any atom is -0.480 e. The van der Waals surface area contributed by atoms with Gasteiger partial charge >= 0.3 is 5.97 Å². The summed E-state index contributed by atoms with van der Waals surface area (Å²) in [6, 6.07) is -1.96. The monoisotopic (exact) mass is 342 g/mol. The number of hydrogen-bond donors (Lipinski definition) is 5. The highest BCUT2D eigenvalue weighted by Gasteiger charge is 2.29. The van der Waals surface area contributed by atoms with Crippen LogP contribution in [0, 0.1) is 5.92 Å². The van der Waals surface area contributed by atoms with Crippen molar-refractivity contribution < 1.29 is 24.3 Å². The first-order valence-electron chi connectivity index (χ1n) is 8.06. The van der Waals surface area contributed by atoms with Gasteiger partial charge in [-0.2, -0.15) is 0 Å². The molecule has 1 fully saturated rings. The number of aliphatic carboxylic acids is 1. The van der Waals surface area contributed by atoms with Crippen LogP contribution in [0.2, 0.25) is 0 Å². The molecule has 9 heteroatoms. The number of rotatable bonds is 8. The number of amides is 3. The van der Waals surface area contributed by atoms with Crippen molar-refractivity contribution in [2.75, 3.05) is 13.1 Å². The Balaban J connectivity index is 2.55. The summed E-state index contributed by atoms with van der Waals surface area (Å²) in [4.78, 5) is 46.7. The summed E-state index contributed by atoms with van der Waals surface area (Å²) in [6.45, 7) is 5.26. The van der Waals surface area contributed by atoms with Crippen LogP contribution < -0.4 is 21.3 Å². The van der Waals surface area contributed by atoms with Crippen molar-refractivity contribution in [3.63, 3.8) is 0 Å². The number of carbonyl (C=O) groups is 4. The molecule has 0 spiro atoms. The van der Waals surface area contributed by atoms with E-state index >= 15 is 0 Å². The molecule has 1 saturated heterocycles. The van der Waals surface area contributed by atoms with Gasteiger partial charge in [0.25, 0.3) is 0 Å². The first-order chi connectivity index (χ1) is 11.2. The molecule has 1 aliphatic rings. The zero-order valence-corrected chi connectivity index (χ0v) is 14.2. The molecule has 0 aromatic carbocycles. The molecule has 3 unspecified atom stereocenters. The third kappa shape index (κ3) is 6.15. The van der Waals surface area contributed by atoms with E-state index < -0.39 is 36.4 Å². The topological polar surface area (TPSA) is 137 Å². The van der Waals surface area contributed by atoms with Gasteiger partial charge in [-0.1, -0.05) is 13.8 Å². The van der Waals surface area contributed by atoms with E-state index in [1.807, 2.05) is 0 Å². The van der Waals surface area contributed by atoms with Crippen LogP contribution in [-0.2, 0) is 19.2 Å². The van der Waals surface area contributed by atoms with E-state index in [0.717, 1.165) is 19.4 Å². The lowest BCUT2D eigenvalue weighted by atomic mass is 10.0. The predicted molar refractivity (Wildman–Crippen MR) is 86.0 cm³/mol. The molecule has 1 heterocycles. The van der Waals surface area contributed by atoms with Crippen LogP contribution in [0.4, 0.5) is 0 Å². The van der Waals surface area contributed by atoms with E-state index in [1.165, 1.54) is 6.92 Å². The molecule has 5 N–H and O–H groups in total. The van der Waals surface area contributed by atoms with E-state index in [4.69, 9.17) is 5.11 Å². The molecule has 3 amide bonds. The molecule has 0 aliphatic carbocycles. The summed E-state index contributed by atoms with van der Waals surface area (Å²) < 4.78 is 0. The number of carboxylic acid groups (broad SMARTS) is 1. The highest BCUT2D eigenvalue weighted by Crippen LogP contribution is 2.06. The van der Waals surface area contributed by atoms with Crippen LogP contribution in [0.5, 0.6) is 0 Å². The summed E-state index contributed by atoms with van der Waals surface area (Å²) in [5, 5.41) is 19.1. The average molecular weight is 342 g/mol. The Morgan fingerprint density at radius 3 is 2.29 bits per heavy atom. The van der Waals surface area contributed by atoms with E-state index in [2.05, 4.69) is 21.3 Å². The highest BCUT2D eigenvalue weighted by atomic mass is 16.4. The molecule has 24 heavy (non-hydrogen) atoms. The van der Waals surface area contributed by atoms with E-state index in [1.54, 1.807) is 13.8 Å². The van der Waals surface area contributed by atoms with Crippen molar-refractivity contribution in [2.45, 2.75) is 51.7 Å². The Kier molecular flexibility index (Phi) is 7.63. The van der Waals surface area contributed by atoms with Crippen molar-refractivity contribution in [1.82, 2.24) is 21.3 Å². The average Bonchev–Trinajstić information content (AvgIpc) is 3.03. The van der Waals surface area contributed by atoms with Crippen LogP contribution >= 0.6 is 0 Å². The van der Waals surface area contributed by atoms with Crippen molar-refractivity contribution in [1.29, 1.82) is 0 Å². The Hall–Kier alpha value is -2.16. The van der Waals surface area contributed by atoms with Gasteiger partial charge in [-0.25, -0.2) is 0 Å². The standard InChI is InChI=1S/C15H26N4O5/c1-8(2)12(15(24)17-7-11(20)21)19-13(22)9(3)18-14(23)10-5-4-6-16-10/h8-10,12,16H,4-7H2,1-3H3,(H,17,24)(H,18,23)(H,19,22)(H,20,21). The second-order valence-electron chi connectivity index (χ2n) is 6.22. The van der Waals surface area contributed by atoms with Gasteiger partial charge in [-0.15, -0.1) is 0 Å². The first-order valence-corrected chi connectivity index (χ1v) is 8.06. The number of hydrogen-bond acceptors (Lipinski definition) is 5. The molecule has 0 saturated carbocycles. The zero-order valence-electron chi connectivity index (χ0n) is 14.2. The summed E-state index contributed by atoms with van der Waals surface area (Å²) in [5.74, 6) is -2.71. The van der Waals surface area contributed by atoms with Crippen LogP contribution in [0.1, 0.15) is 33.6 Å². The largest absolute Gasteiger partial charge is 0.480 e. The van der Waals surface area contributed by atoms with E-state index in [9.17, 15) is 19.2 Å². The molecule has 3 atom stereocenters. The Morgan fingerprint density at radius 2 is 1.79 bits per heavy atom. The third-order valence-corrected chi connectivity index (χ3v) is 3.79. The van der Waals surface area contributed by atoms with Gasteiger partial charge < -0.3 is 26.4 Å². The maximum absolute atomic E-state index is 12.2. The molecule has 1 rings (SSSR count). The van der Waals surface area contributed by atoms with Gasteiger partial charge in [0.15, 0.2) is 0 Å². The van der Waals surface area contributed by atoms with Gasteiger partial charge in [-0.3, -0.25) is 19.2 Å². The van der Waals surface area contributed by atoms with Crippen LogP contribution in [0.25, 0.3) is 0 Å². The van der Waals surface area contributed by atoms with Crippen molar-refractivity contribution in [3.05, 3.63) is 0 Å². The molecule has 0 radical (unpaired) electrons. The van der Waals surface area contributed by atoms with E-state index in [-0.39, 0.29) is 17.9 Å². The summed E-state index contributed by atoms with van der Waals surface area (Å²) in [6.07, 6.45) is 1.64. The molecule has 1 aliphatic heterocycles. The van der Waals surface area contributed by atoms with Gasteiger partial charge in [0.2, 0.25) is 17.7 Å². The van der Waals surface area contributed by atoms with Crippen LogP contribution in [0.3, 0.4) is 0 Å². The van der Waals surface area contributed by atoms with Crippen molar-refractivity contribution in [2.24, 2.45) is 5.92 Å². The molecule has 136 valence electrons. The summed E-state index contributed by atoms with van der Waals surface area (Å²) >= 11 is 0. The van der Waals surface area contributed by atoms with Gasteiger partial charge in [0.05, 0.1) is 6.04 Å². The maximum Gasteiger partial charge on any atom is 0.322 e. The highest BCUT2D eigenvalue weighted by molar-refractivity contribution is 5.93. The van der Waals surface area contributed by atoms with Crippen LogP contribution in [-0.4, -0.2) is 60.0 Å². The lowest BCUT2D eigenvalue weighted by molar-refractivity contribution is -0.138. The summed E-state index contributed by atoms with van der Waals surface area (Å²) in [7, 11) is 0. The molecule has 9 nitrogen and oxygen atoms in total. The second kappa shape index (κ2) is 9.21. The van der Waals surface area contributed by atoms with Gasteiger partial charge in [-0.05, 0) is 32.2 Å². The quantitative estimate of drug-likeness (QED) is 0.367. The number of nitrogens with one attached hydrogen (secondary N) is 4. The molecule has 0 aromatic rings. The molecule has 0 bridgehead atoms. The van der Waals surface area contributed by atoms with Crippen molar-refractivity contribution in [3.8, 4) is 0 Å². The minimum absolute atomic E-state index is 0.234. The molecular weight excluding hydrogens is 316 g/mol. The van der Waals surface area contributed by atoms with Crippen LogP contribution in [0.15, 0.2) is 0 Å². The predicted octanol–water partition coefficient (Wildman–Crippen LogP) is -1.42. The Bertz CT molecular complexity index is 488. The first kappa shape index (κ1) is 19.9. The lowest BCUT2D eigenvalue weighted by Gasteiger charge is -2.24. The normalized spacial score (nSPS) is 19.4. The smallest absolute Gasteiger partial charge is 0.322 e. The Morgan fingerprint density at radius 1 is 1.12 bits per heavy atom. The fourth-order valence-corrected chi connectivity index (χ4v) is 2.37. The number of carbonyl (C=O) groups excluding carboxylic acids is 3. The maximum atomic E-state index is 12.2. The second-order valence-corrected chi connectivity index (χ2v) is 6.22. The lowest BCUT2D eigenvalue weighted by Crippen LogP contribution is -2.56. The summed E-state index contributed by atoms with van der Waals surface area (Å²) in [5.41, 5.74) is 0. The minimum atomic E-state index is -1.16. The number of carboxylic acids is 1. The Labute approximate surface area is 140 Å². The zero-order chi connectivity index (χ0) is 18.3. The fraction of sp³-hybridized carbons (Fsp3) is 0.733. The fourth-order valence-electron chi connectivity index (χ4n) is 2.37. The van der Waals surface area contributed by atoms with E-state index in [0.29, 0.717) is 0 Å². The van der Waals surface area contributed by atoms with Gasteiger partial charge in [0, 0.05) is 0 Å². The molecular formula is C15H26N4O5. The third-order valence-electron chi connectivity index (χ3n) is 3.79.